The summed E-state index contributed by atoms with van der Waals surface area (Å²) in [7, 11) is 2.16. The van der Waals surface area contributed by atoms with Gasteiger partial charge in [-0.2, -0.15) is 0 Å². The molecule has 0 spiro atoms. The van der Waals surface area contributed by atoms with Gasteiger partial charge in [0, 0.05) is 30.0 Å². The van der Waals surface area contributed by atoms with Crippen molar-refractivity contribution in [1.29, 1.82) is 0 Å². The van der Waals surface area contributed by atoms with E-state index in [1.54, 1.807) is 0 Å². The standard InChI is InChI=1S/C14H20N2/c1-9(2)13-11-7-6-8-15-12(11)14(10(3)4)16(13)5/h6-10H,1-5H3. The normalized spacial score (nSPS) is 11.9. The third kappa shape index (κ3) is 1.53. The fourth-order valence-corrected chi connectivity index (χ4v) is 2.64. The number of hydrogen-bond acceptors (Lipinski definition) is 1. The molecule has 2 rings (SSSR count). The number of rotatable bonds is 2. The van der Waals surface area contributed by atoms with Crippen molar-refractivity contribution in [1.82, 2.24) is 9.55 Å². The Morgan fingerprint density at radius 1 is 1.06 bits per heavy atom. The Kier molecular flexibility index (Phi) is 2.75. The SMILES string of the molecule is CC(C)c1c2cccnc2c(C(C)C)n1C. The third-order valence-electron chi connectivity index (χ3n) is 3.14. The smallest absolute Gasteiger partial charge is 0.0916 e. The minimum atomic E-state index is 0.509. The molecule has 0 aliphatic carbocycles. The molecule has 2 heteroatoms. The van der Waals surface area contributed by atoms with Crippen LogP contribution in [0.25, 0.3) is 10.9 Å². The van der Waals surface area contributed by atoms with E-state index in [-0.39, 0.29) is 0 Å². The zero-order valence-electron chi connectivity index (χ0n) is 10.8. The molecule has 2 aromatic rings. The van der Waals surface area contributed by atoms with E-state index in [1.807, 2.05) is 12.3 Å². The van der Waals surface area contributed by atoms with Crippen molar-refractivity contribution in [2.24, 2.45) is 7.05 Å². The summed E-state index contributed by atoms with van der Waals surface area (Å²) >= 11 is 0. The lowest BCUT2D eigenvalue weighted by Gasteiger charge is -2.12. The van der Waals surface area contributed by atoms with Crippen LogP contribution in [0.4, 0.5) is 0 Å². The molecule has 0 unspecified atom stereocenters. The van der Waals surface area contributed by atoms with Gasteiger partial charge in [-0.15, -0.1) is 0 Å². The molecule has 0 bridgehead atoms. The summed E-state index contributed by atoms with van der Waals surface area (Å²) < 4.78 is 2.33. The van der Waals surface area contributed by atoms with Gasteiger partial charge in [-0.25, -0.2) is 0 Å². The second-order valence-corrected chi connectivity index (χ2v) is 5.04. The summed E-state index contributed by atoms with van der Waals surface area (Å²) in [5.41, 5.74) is 3.91. The van der Waals surface area contributed by atoms with Gasteiger partial charge >= 0.3 is 0 Å². The van der Waals surface area contributed by atoms with Crippen LogP contribution in [0.1, 0.15) is 50.9 Å². The van der Waals surface area contributed by atoms with Crippen molar-refractivity contribution < 1.29 is 0 Å². The minimum absolute atomic E-state index is 0.509. The van der Waals surface area contributed by atoms with Crippen LogP contribution in [-0.2, 0) is 7.05 Å². The summed E-state index contributed by atoms with van der Waals surface area (Å²) in [5, 5.41) is 1.31. The molecule has 2 heterocycles. The molecule has 0 fully saturated rings. The molecule has 0 aliphatic rings. The number of nitrogens with zero attached hydrogens (tertiary/aromatic N) is 2. The van der Waals surface area contributed by atoms with E-state index in [2.05, 4.69) is 50.4 Å². The highest BCUT2D eigenvalue weighted by Gasteiger charge is 2.18. The lowest BCUT2D eigenvalue weighted by Crippen LogP contribution is -2.04. The maximum Gasteiger partial charge on any atom is 0.0916 e. The van der Waals surface area contributed by atoms with Crippen LogP contribution < -0.4 is 0 Å². The van der Waals surface area contributed by atoms with Gasteiger partial charge in [0.1, 0.15) is 0 Å². The van der Waals surface area contributed by atoms with Crippen molar-refractivity contribution in [3.8, 4) is 0 Å². The van der Waals surface area contributed by atoms with Gasteiger partial charge in [-0.1, -0.05) is 27.7 Å². The fraction of sp³-hybridized carbons (Fsp3) is 0.500. The van der Waals surface area contributed by atoms with Gasteiger partial charge in [0.15, 0.2) is 0 Å². The lowest BCUT2D eigenvalue weighted by molar-refractivity contribution is 0.683. The van der Waals surface area contributed by atoms with E-state index in [9.17, 15) is 0 Å². The Hall–Kier alpha value is -1.31. The summed E-state index contributed by atoms with van der Waals surface area (Å²) in [6, 6.07) is 4.21. The first kappa shape index (κ1) is 11.2. The second kappa shape index (κ2) is 3.93. The average Bonchev–Trinajstić information content (AvgIpc) is 2.49. The predicted molar refractivity (Wildman–Crippen MR) is 68.9 cm³/mol. The van der Waals surface area contributed by atoms with E-state index in [1.165, 1.54) is 22.3 Å². The molecule has 16 heavy (non-hydrogen) atoms. The van der Waals surface area contributed by atoms with Gasteiger partial charge in [0.05, 0.1) is 5.52 Å². The zero-order valence-corrected chi connectivity index (χ0v) is 10.8. The number of pyridine rings is 1. The van der Waals surface area contributed by atoms with Crippen LogP contribution in [0.5, 0.6) is 0 Å². The number of hydrogen-bond donors (Lipinski definition) is 0. The van der Waals surface area contributed by atoms with Crippen LogP contribution in [0.15, 0.2) is 18.3 Å². The summed E-state index contributed by atoms with van der Waals surface area (Å²) in [4.78, 5) is 4.55. The fourth-order valence-electron chi connectivity index (χ4n) is 2.64. The van der Waals surface area contributed by atoms with Crippen molar-refractivity contribution in [2.45, 2.75) is 39.5 Å². The summed E-state index contributed by atoms with van der Waals surface area (Å²) in [6.45, 7) is 8.94. The molecule has 86 valence electrons. The predicted octanol–water partition coefficient (Wildman–Crippen LogP) is 3.82. The van der Waals surface area contributed by atoms with E-state index in [0.29, 0.717) is 11.8 Å². The van der Waals surface area contributed by atoms with Crippen molar-refractivity contribution in [2.75, 3.05) is 0 Å². The van der Waals surface area contributed by atoms with Crippen molar-refractivity contribution in [3.05, 3.63) is 29.7 Å². The highest BCUT2D eigenvalue weighted by Crippen LogP contribution is 2.32. The van der Waals surface area contributed by atoms with Crippen molar-refractivity contribution >= 4 is 10.9 Å². The summed E-state index contributed by atoms with van der Waals surface area (Å²) in [5.74, 6) is 1.04. The maximum absolute atomic E-state index is 4.55. The van der Waals surface area contributed by atoms with E-state index < -0.39 is 0 Å². The maximum atomic E-state index is 4.55. The molecule has 0 N–H and O–H groups in total. The van der Waals surface area contributed by atoms with Gasteiger partial charge in [0.25, 0.3) is 0 Å². The molecule has 0 atom stereocenters. The molecule has 2 aromatic heterocycles. The summed E-state index contributed by atoms with van der Waals surface area (Å²) in [6.07, 6.45) is 1.89. The first-order valence-corrected chi connectivity index (χ1v) is 5.97. The topological polar surface area (TPSA) is 17.8 Å². The highest BCUT2D eigenvalue weighted by molar-refractivity contribution is 5.85. The Bertz CT molecular complexity index is 462. The molecule has 0 saturated heterocycles. The first-order chi connectivity index (χ1) is 7.54. The molecule has 0 aliphatic heterocycles. The highest BCUT2D eigenvalue weighted by atomic mass is 15.0. The number of aromatic nitrogens is 2. The van der Waals surface area contributed by atoms with Gasteiger partial charge < -0.3 is 4.57 Å². The Morgan fingerprint density at radius 2 is 1.69 bits per heavy atom. The molecule has 2 nitrogen and oxygen atoms in total. The lowest BCUT2D eigenvalue weighted by atomic mass is 10.1. The van der Waals surface area contributed by atoms with Crippen molar-refractivity contribution in [3.63, 3.8) is 0 Å². The largest absolute Gasteiger partial charge is 0.349 e. The van der Waals surface area contributed by atoms with Crippen LogP contribution in [-0.4, -0.2) is 9.55 Å². The van der Waals surface area contributed by atoms with E-state index in [0.717, 1.165) is 0 Å². The molecule has 0 saturated carbocycles. The van der Waals surface area contributed by atoms with Crippen LogP contribution in [0, 0.1) is 0 Å². The van der Waals surface area contributed by atoms with Crippen LogP contribution >= 0.6 is 0 Å². The Labute approximate surface area is 97.3 Å². The first-order valence-electron chi connectivity index (χ1n) is 5.97. The molecule has 0 aromatic carbocycles. The second-order valence-electron chi connectivity index (χ2n) is 5.04. The zero-order chi connectivity index (χ0) is 11.9. The monoisotopic (exact) mass is 216 g/mol. The Balaban J connectivity index is 2.86. The van der Waals surface area contributed by atoms with Gasteiger partial charge in [-0.3, -0.25) is 4.98 Å². The van der Waals surface area contributed by atoms with Gasteiger partial charge in [0.2, 0.25) is 0 Å². The molecular weight excluding hydrogens is 196 g/mol. The van der Waals surface area contributed by atoms with E-state index >= 15 is 0 Å². The van der Waals surface area contributed by atoms with Crippen LogP contribution in [0.3, 0.4) is 0 Å². The van der Waals surface area contributed by atoms with Crippen LogP contribution in [0.2, 0.25) is 0 Å². The molecule has 0 amide bonds. The minimum Gasteiger partial charge on any atom is -0.349 e. The van der Waals surface area contributed by atoms with Gasteiger partial charge in [-0.05, 0) is 24.0 Å². The van der Waals surface area contributed by atoms with E-state index in [4.69, 9.17) is 0 Å². The third-order valence-corrected chi connectivity index (χ3v) is 3.14. The molecular formula is C14H20N2. The average molecular weight is 216 g/mol. The number of fused-ring (bicyclic) bond motifs is 1. The quantitative estimate of drug-likeness (QED) is 0.746. The molecule has 0 radical (unpaired) electrons. The Morgan fingerprint density at radius 3 is 2.25 bits per heavy atom.